The molecule has 1 aromatic rings. The van der Waals surface area contributed by atoms with Gasteiger partial charge in [0.2, 0.25) is 0 Å². The van der Waals surface area contributed by atoms with Crippen LogP contribution in [0, 0.1) is 0 Å². The van der Waals surface area contributed by atoms with Crippen LogP contribution in [0.3, 0.4) is 0 Å². The number of nitrogens with one attached hydrogen (secondary N) is 1. The van der Waals surface area contributed by atoms with Crippen molar-refractivity contribution >= 4 is 21.6 Å². The molecule has 1 aliphatic heterocycles. The smallest absolute Gasteiger partial charge is 0.337 e. The summed E-state index contributed by atoms with van der Waals surface area (Å²) in [6.45, 7) is 4.88. The third-order valence-electron chi connectivity index (χ3n) is 4.92. The number of carbonyl (C=O) groups excluding carboxylic acids is 1. The Morgan fingerprint density at radius 1 is 1.27 bits per heavy atom. The van der Waals surface area contributed by atoms with Crippen LogP contribution in [0.2, 0.25) is 0 Å². The highest BCUT2D eigenvalue weighted by Gasteiger charge is 2.37. The first kappa shape index (κ1) is 23.5. The lowest BCUT2D eigenvalue weighted by atomic mass is 10.0. The monoisotopic (exact) mass is 437 g/mol. The number of phenols is 1. The van der Waals surface area contributed by atoms with E-state index in [9.17, 15) is 23.1 Å². The summed E-state index contributed by atoms with van der Waals surface area (Å²) in [5, 5.41) is 22.0. The summed E-state index contributed by atoms with van der Waals surface area (Å²) in [7, 11) is -3.64. The average molecular weight is 438 g/mol. The molecule has 8 nitrogen and oxygen atoms in total. The fourth-order valence-electron chi connectivity index (χ4n) is 3.06. The van der Waals surface area contributed by atoms with E-state index in [0.717, 1.165) is 6.42 Å². The number of rotatable bonds is 10. The fourth-order valence-corrected chi connectivity index (χ4v) is 4.50. The lowest BCUT2D eigenvalue weighted by Gasteiger charge is -2.29. The Balaban J connectivity index is 2.03. The predicted octanol–water partition coefficient (Wildman–Crippen LogP) is 2.58. The Morgan fingerprint density at radius 2 is 1.97 bits per heavy atom. The number of aromatic hydroxyl groups is 1. The van der Waals surface area contributed by atoms with Crippen LogP contribution in [0.4, 0.5) is 0 Å². The number of ketones is 1. The van der Waals surface area contributed by atoms with Gasteiger partial charge in [0, 0.05) is 11.8 Å². The van der Waals surface area contributed by atoms with Gasteiger partial charge in [-0.1, -0.05) is 13.3 Å². The van der Waals surface area contributed by atoms with Gasteiger partial charge in [-0.25, -0.2) is 13.2 Å². The first-order chi connectivity index (χ1) is 14.0. The van der Waals surface area contributed by atoms with Crippen LogP contribution in [-0.2, 0) is 21.1 Å². The molecule has 0 spiro atoms. The highest BCUT2D eigenvalue weighted by molar-refractivity contribution is 7.92. The maximum Gasteiger partial charge on any atom is 0.337 e. The maximum atomic E-state index is 12.7. The standard InChI is InChI=1S/C21H27NO7S/c1-4-6-17-18(8-7-16(14(2)23)19(17)24)29-11-5-12-30(27,28)21(3)10-9-15(13-22-21)20(25)26/h7-10,13,22,24H,4-6,11-12H2,1-3H3,(H,25,26). The minimum absolute atomic E-state index is 0.0247. The van der Waals surface area contributed by atoms with Crippen LogP contribution in [0.25, 0.3) is 0 Å². The second-order valence-corrected chi connectivity index (χ2v) is 9.74. The van der Waals surface area contributed by atoms with Crippen LogP contribution < -0.4 is 10.1 Å². The zero-order valence-corrected chi connectivity index (χ0v) is 18.1. The van der Waals surface area contributed by atoms with Crippen molar-refractivity contribution in [3.8, 4) is 11.5 Å². The molecule has 1 heterocycles. The number of sulfone groups is 1. The van der Waals surface area contributed by atoms with E-state index in [-0.39, 0.29) is 41.4 Å². The number of carboxylic acids is 1. The molecule has 9 heteroatoms. The van der Waals surface area contributed by atoms with Gasteiger partial charge in [-0.3, -0.25) is 4.79 Å². The minimum atomic E-state index is -3.64. The zero-order valence-electron chi connectivity index (χ0n) is 17.3. The molecule has 0 aromatic heterocycles. The van der Waals surface area contributed by atoms with Gasteiger partial charge in [-0.05, 0) is 51.0 Å². The van der Waals surface area contributed by atoms with Crippen molar-refractivity contribution in [1.82, 2.24) is 5.32 Å². The number of hydrogen-bond donors (Lipinski definition) is 3. The lowest BCUT2D eigenvalue weighted by Crippen LogP contribution is -2.48. The van der Waals surface area contributed by atoms with Gasteiger partial charge in [0.15, 0.2) is 20.5 Å². The first-order valence-electron chi connectivity index (χ1n) is 9.63. The molecule has 1 aromatic carbocycles. The Morgan fingerprint density at radius 3 is 2.50 bits per heavy atom. The van der Waals surface area contributed by atoms with Crippen LogP contribution in [0.5, 0.6) is 11.5 Å². The molecule has 164 valence electrons. The molecule has 1 atom stereocenters. The summed E-state index contributed by atoms with van der Waals surface area (Å²) in [5.74, 6) is -1.25. The van der Waals surface area contributed by atoms with Crippen LogP contribution in [-0.4, -0.2) is 47.6 Å². The highest BCUT2D eigenvalue weighted by atomic mass is 32.2. The molecule has 3 N–H and O–H groups in total. The summed E-state index contributed by atoms with van der Waals surface area (Å²) in [6, 6.07) is 3.11. The molecule has 0 fully saturated rings. The quantitative estimate of drug-likeness (QED) is 0.376. The van der Waals surface area contributed by atoms with Crippen LogP contribution in [0.1, 0.15) is 49.5 Å². The molecular formula is C21H27NO7S. The van der Waals surface area contributed by atoms with Gasteiger partial charge in [-0.15, -0.1) is 0 Å². The van der Waals surface area contributed by atoms with Gasteiger partial charge >= 0.3 is 5.97 Å². The molecule has 0 saturated heterocycles. The molecule has 0 amide bonds. The lowest BCUT2D eigenvalue weighted by molar-refractivity contribution is -0.132. The molecule has 2 rings (SSSR count). The number of benzene rings is 1. The SMILES string of the molecule is CCCc1c(OCCCS(=O)(=O)C2(C)C=CC(C(=O)O)=CN2)ccc(C(C)=O)c1O. The number of hydrogen-bond acceptors (Lipinski definition) is 7. The van der Waals surface area contributed by atoms with Crippen molar-refractivity contribution < 1.29 is 33.0 Å². The van der Waals surface area contributed by atoms with Gasteiger partial charge in [0.1, 0.15) is 11.5 Å². The van der Waals surface area contributed by atoms with Crippen molar-refractivity contribution in [2.75, 3.05) is 12.4 Å². The molecule has 0 radical (unpaired) electrons. The van der Waals surface area contributed by atoms with Crippen molar-refractivity contribution in [2.45, 2.75) is 44.9 Å². The van der Waals surface area contributed by atoms with E-state index >= 15 is 0 Å². The minimum Gasteiger partial charge on any atom is -0.507 e. The van der Waals surface area contributed by atoms with Gasteiger partial charge in [0.05, 0.1) is 23.5 Å². The van der Waals surface area contributed by atoms with E-state index in [1.807, 2.05) is 6.92 Å². The Kier molecular flexibility index (Phi) is 7.30. The molecule has 0 saturated carbocycles. The summed E-state index contributed by atoms with van der Waals surface area (Å²) >= 11 is 0. The van der Waals surface area contributed by atoms with Crippen LogP contribution >= 0.6 is 0 Å². The van der Waals surface area contributed by atoms with E-state index in [1.165, 1.54) is 38.3 Å². The van der Waals surface area contributed by atoms with Crippen LogP contribution in [0.15, 0.2) is 36.1 Å². The first-order valence-corrected chi connectivity index (χ1v) is 11.3. The van der Waals surface area contributed by atoms with E-state index < -0.39 is 20.7 Å². The Bertz CT molecular complexity index is 995. The number of Topliss-reactive ketones (excluding diaryl/α,β-unsaturated/α-hetero) is 1. The average Bonchev–Trinajstić information content (AvgIpc) is 2.67. The van der Waals surface area contributed by atoms with Crippen molar-refractivity contribution in [1.29, 1.82) is 0 Å². The topological polar surface area (TPSA) is 130 Å². The third kappa shape index (κ3) is 5.02. The number of aliphatic carboxylic acids is 1. The number of dihydropyridines is 1. The van der Waals surface area contributed by atoms with Gasteiger partial charge in [0.25, 0.3) is 0 Å². The predicted molar refractivity (Wildman–Crippen MR) is 112 cm³/mol. The molecular weight excluding hydrogens is 410 g/mol. The zero-order chi connectivity index (χ0) is 22.5. The summed E-state index contributed by atoms with van der Waals surface area (Å²) in [6.07, 6.45) is 5.22. The van der Waals surface area contributed by atoms with E-state index in [2.05, 4.69) is 5.32 Å². The third-order valence-corrected chi connectivity index (χ3v) is 7.29. The highest BCUT2D eigenvalue weighted by Crippen LogP contribution is 2.33. The van der Waals surface area contributed by atoms with Crippen molar-refractivity contribution in [3.05, 3.63) is 47.2 Å². The number of carboxylic acid groups (broad SMARTS) is 1. The Hall–Kier alpha value is -2.81. The Labute approximate surface area is 176 Å². The van der Waals surface area contributed by atoms with Crippen molar-refractivity contribution in [3.63, 3.8) is 0 Å². The summed E-state index contributed by atoms with van der Waals surface area (Å²) < 4.78 is 31.1. The second kappa shape index (κ2) is 9.34. The van der Waals surface area contributed by atoms with E-state index in [1.54, 1.807) is 6.07 Å². The molecule has 0 bridgehead atoms. The van der Waals surface area contributed by atoms with E-state index in [4.69, 9.17) is 9.84 Å². The normalized spacial score (nSPS) is 18.4. The maximum absolute atomic E-state index is 12.7. The molecule has 0 aliphatic carbocycles. The van der Waals surface area contributed by atoms with Crippen molar-refractivity contribution in [2.24, 2.45) is 0 Å². The number of ether oxygens (including phenoxy) is 1. The number of phenolic OH excluding ortho intramolecular Hbond substituents is 1. The summed E-state index contributed by atoms with van der Waals surface area (Å²) in [5.41, 5.74) is 0.733. The largest absolute Gasteiger partial charge is 0.507 e. The second-order valence-electron chi connectivity index (χ2n) is 7.26. The molecule has 1 aliphatic rings. The number of carbonyl (C=O) groups is 2. The fraction of sp³-hybridized carbons (Fsp3) is 0.429. The van der Waals surface area contributed by atoms with Gasteiger partial charge in [-0.2, -0.15) is 0 Å². The summed E-state index contributed by atoms with van der Waals surface area (Å²) in [4.78, 5) is 21.2. The molecule has 30 heavy (non-hydrogen) atoms. The van der Waals surface area contributed by atoms with Gasteiger partial charge < -0.3 is 20.3 Å². The van der Waals surface area contributed by atoms with E-state index in [0.29, 0.717) is 17.7 Å². The molecule has 1 unspecified atom stereocenters.